The highest BCUT2D eigenvalue weighted by atomic mass is 35.5. The lowest BCUT2D eigenvalue weighted by molar-refractivity contribution is -0.131. The van der Waals surface area contributed by atoms with Gasteiger partial charge in [0.15, 0.2) is 5.96 Å². The molecule has 0 aliphatic carbocycles. The molecule has 2 N–H and O–H groups in total. The van der Waals surface area contributed by atoms with Gasteiger partial charge in [0.1, 0.15) is 11.3 Å². The van der Waals surface area contributed by atoms with Gasteiger partial charge in [0.05, 0.1) is 16.6 Å². The third kappa shape index (κ3) is 5.66. The van der Waals surface area contributed by atoms with Crippen LogP contribution in [-0.4, -0.2) is 28.1 Å². The van der Waals surface area contributed by atoms with Gasteiger partial charge >= 0.3 is 0 Å². The van der Waals surface area contributed by atoms with E-state index in [-0.39, 0.29) is 17.6 Å². The van der Waals surface area contributed by atoms with Crippen molar-refractivity contribution < 1.29 is 9.59 Å². The molecule has 7 heteroatoms. The van der Waals surface area contributed by atoms with E-state index in [0.717, 1.165) is 16.7 Å². The zero-order valence-electron chi connectivity index (χ0n) is 18.0. The van der Waals surface area contributed by atoms with Crippen LogP contribution in [0, 0.1) is 5.92 Å². The number of guanidine groups is 1. The standard InChI is InChI=1S/C24H27Cl2N3O2/c1-15(2)13-24(3)22(31)29(23(27)28-24)14-17-6-4-16(5-7-17)10-19(30)11-18-8-9-20(25)21(26)12-18/h4-9,12,15H,10-11,13-14H2,1-3H3,(H2,27,28). The number of carbonyl (C=O) groups is 2. The fraction of sp³-hybridized carbons (Fsp3) is 0.375. The molecule has 1 aliphatic rings. The van der Waals surface area contributed by atoms with Gasteiger partial charge in [0, 0.05) is 12.8 Å². The number of carbonyl (C=O) groups excluding carboxylic acids is 2. The molecule has 31 heavy (non-hydrogen) atoms. The summed E-state index contributed by atoms with van der Waals surface area (Å²) in [5, 5.41) is 0.917. The fourth-order valence-corrected chi connectivity index (χ4v) is 4.27. The number of nitrogens with two attached hydrogens (primary N) is 1. The molecule has 5 nitrogen and oxygen atoms in total. The van der Waals surface area contributed by atoms with Crippen molar-refractivity contribution in [3.05, 3.63) is 69.2 Å². The maximum absolute atomic E-state index is 12.9. The second-order valence-electron chi connectivity index (χ2n) is 8.69. The monoisotopic (exact) mass is 459 g/mol. The van der Waals surface area contributed by atoms with Gasteiger partial charge in [-0.1, -0.05) is 67.4 Å². The molecule has 1 unspecified atom stereocenters. The van der Waals surface area contributed by atoms with Crippen LogP contribution in [0.25, 0.3) is 0 Å². The highest BCUT2D eigenvalue weighted by molar-refractivity contribution is 6.42. The summed E-state index contributed by atoms with van der Waals surface area (Å²) in [7, 11) is 0. The van der Waals surface area contributed by atoms with Crippen molar-refractivity contribution >= 4 is 40.9 Å². The molecular weight excluding hydrogens is 433 g/mol. The molecule has 1 heterocycles. The van der Waals surface area contributed by atoms with Crippen LogP contribution in [0.1, 0.15) is 43.9 Å². The summed E-state index contributed by atoms with van der Waals surface area (Å²) in [5.41, 5.74) is 7.93. The number of aliphatic imine (C=N–C) groups is 1. The summed E-state index contributed by atoms with van der Waals surface area (Å²) in [4.78, 5) is 31.3. The number of benzene rings is 2. The van der Waals surface area contributed by atoms with Crippen molar-refractivity contribution in [3.8, 4) is 0 Å². The van der Waals surface area contributed by atoms with E-state index < -0.39 is 5.54 Å². The Balaban J connectivity index is 1.60. The molecule has 2 aromatic rings. The van der Waals surface area contributed by atoms with Crippen molar-refractivity contribution in [3.63, 3.8) is 0 Å². The average Bonchev–Trinajstić information content (AvgIpc) is 2.88. The molecule has 0 bridgehead atoms. The van der Waals surface area contributed by atoms with Gasteiger partial charge in [-0.15, -0.1) is 0 Å². The number of hydrogen-bond donors (Lipinski definition) is 1. The normalized spacial score (nSPS) is 18.6. The summed E-state index contributed by atoms with van der Waals surface area (Å²) >= 11 is 11.9. The van der Waals surface area contributed by atoms with E-state index in [1.807, 2.05) is 31.2 Å². The summed E-state index contributed by atoms with van der Waals surface area (Å²) < 4.78 is 0. The molecule has 0 radical (unpaired) electrons. The highest BCUT2D eigenvalue weighted by Crippen LogP contribution is 2.29. The van der Waals surface area contributed by atoms with Crippen molar-refractivity contribution in [1.29, 1.82) is 0 Å². The quantitative estimate of drug-likeness (QED) is 0.615. The van der Waals surface area contributed by atoms with E-state index in [1.54, 1.807) is 18.2 Å². The van der Waals surface area contributed by atoms with E-state index in [2.05, 4.69) is 18.8 Å². The van der Waals surface area contributed by atoms with Gasteiger partial charge < -0.3 is 5.73 Å². The smallest absolute Gasteiger partial charge is 0.257 e. The number of Topliss-reactive ketones (excluding diaryl/α,β-unsaturated/α-hetero) is 1. The third-order valence-corrected chi connectivity index (χ3v) is 6.04. The zero-order valence-corrected chi connectivity index (χ0v) is 19.5. The minimum absolute atomic E-state index is 0.0698. The lowest BCUT2D eigenvalue weighted by atomic mass is 9.91. The van der Waals surface area contributed by atoms with Gasteiger partial charge in [0.25, 0.3) is 5.91 Å². The Morgan fingerprint density at radius 3 is 2.23 bits per heavy atom. The van der Waals surface area contributed by atoms with Crippen molar-refractivity contribution in [2.75, 3.05) is 0 Å². The van der Waals surface area contributed by atoms with E-state index >= 15 is 0 Å². The molecule has 0 saturated carbocycles. The number of hydrogen-bond acceptors (Lipinski definition) is 4. The molecule has 0 aromatic heterocycles. The summed E-state index contributed by atoms with van der Waals surface area (Å²) in [6.45, 7) is 6.33. The van der Waals surface area contributed by atoms with Gasteiger partial charge in [0.2, 0.25) is 0 Å². The average molecular weight is 460 g/mol. The first-order valence-electron chi connectivity index (χ1n) is 10.3. The van der Waals surface area contributed by atoms with Crippen LogP contribution in [0.4, 0.5) is 0 Å². The molecule has 0 fully saturated rings. The molecule has 2 aromatic carbocycles. The van der Waals surface area contributed by atoms with Crippen LogP contribution >= 0.6 is 23.2 Å². The van der Waals surface area contributed by atoms with Crippen LogP contribution in [-0.2, 0) is 29.0 Å². The SMILES string of the molecule is CC(C)CC1(C)N=C(N)N(Cc2ccc(CC(=O)Cc3ccc(Cl)c(Cl)c3)cc2)C1=O. The lowest BCUT2D eigenvalue weighted by Gasteiger charge is -2.23. The third-order valence-electron chi connectivity index (χ3n) is 5.30. The van der Waals surface area contributed by atoms with Crippen LogP contribution in [0.5, 0.6) is 0 Å². The molecule has 164 valence electrons. The Bertz CT molecular complexity index is 1020. The molecule has 1 atom stereocenters. The Hall–Kier alpha value is -2.37. The largest absolute Gasteiger partial charge is 0.369 e. The first-order valence-corrected chi connectivity index (χ1v) is 11.0. The Labute approximate surface area is 193 Å². The first-order chi connectivity index (χ1) is 14.6. The minimum Gasteiger partial charge on any atom is -0.369 e. The highest BCUT2D eigenvalue weighted by Gasteiger charge is 2.43. The molecular formula is C24H27Cl2N3O2. The van der Waals surface area contributed by atoms with Crippen molar-refractivity contribution in [2.45, 2.75) is 52.1 Å². The maximum atomic E-state index is 12.9. The molecule has 1 amide bonds. The number of halogens is 2. The maximum Gasteiger partial charge on any atom is 0.257 e. The summed E-state index contributed by atoms with van der Waals surface area (Å²) in [6, 6.07) is 12.9. The lowest BCUT2D eigenvalue weighted by Crippen LogP contribution is -2.43. The number of nitrogens with zero attached hydrogens (tertiary/aromatic N) is 2. The van der Waals surface area contributed by atoms with Crippen molar-refractivity contribution in [1.82, 2.24) is 4.90 Å². The Morgan fingerprint density at radius 1 is 1.03 bits per heavy atom. The Kier molecular flexibility index (Phi) is 7.07. The van der Waals surface area contributed by atoms with Gasteiger partial charge in [-0.25, -0.2) is 4.99 Å². The molecule has 3 rings (SSSR count). The fourth-order valence-electron chi connectivity index (χ4n) is 3.95. The molecule has 1 aliphatic heterocycles. The minimum atomic E-state index is -0.796. The number of ketones is 1. The predicted octanol–water partition coefficient (Wildman–Crippen LogP) is 4.81. The molecule has 0 saturated heterocycles. The van der Waals surface area contributed by atoms with E-state index in [0.29, 0.717) is 41.8 Å². The van der Waals surface area contributed by atoms with E-state index in [1.165, 1.54) is 4.90 Å². The van der Waals surface area contributed by atoms with Gasteiger partial charge in [-0.2, -0.15) is 0 Å². The topological polar surface area (TPSA) is 75.8 Å². The zero-order chi connectivity index (χ0) is 22.8. The second-order valence-corrected chi connectivity index (χ2v) is 9.50. The van der Waals surface area contributed by atoms with E-state index in [4.69, 9.17) is 28.9 Å². The van der Waals surface area contributed by atoms with Crippen LogP contribution < -0.4 is 5.73 Å². The van der Waals surface area contributed by atoms with Crippen molar-refractivity contribution in [2.24, 2.45) is 16.6 Å². The molecule has 0 spiro atoms. The van der Waals surface area contributed by atoms with Gasteiger partial charge in [-0.05, 0) is 48.1 Å². The summed E-state index contributed by atoms with van der Waals surface area (Å²) in [6.07, 6.45) is 1.27. The predicted molar refractivity (Wildman–Crippen MR) is 125 cm³/mol. The first kappa shape index (κ1) is 23.3. The van der Waals surface area contributed by atoms with Crippen LogP contribution in [0.2, 0.25) is 10.0 Å². The van der Waals surface area contributed by atoms with Crippen LogP contribution in [0.3, 0.4) is 0 Å². The van der Waals surface area contributed by atoms with Crippen LogP contribution in [0.15, 0.2) is 47.5 Å². The van der Waals surface area contributed by atoms with Gasteiger partial charge in [-0.3, -0.25) is 14.5 Å². The number of rotatable bonds is 8. The van der Waals surface area contributed by atoms with E-state index in [9.17, 15) is 9.59 Å². The Morgan fingerprint density at radius 2 is 1.61 bits per heavy atom. The summed E-state index contributed by atoms with van der Waals surface area (Å²) in [5.74, 6) is 0.612. The number of amides is 1. The second kappa shape index (κ2) is 9.41.